The number of allylic oxidation sites excluding steroid dienone is 1. The molecule has 0 N–H and O–H groups in total. The SMILES string of the molecule is CCOC(=O)C1=C(C)N=c2s/c(=C\c3ccccc3OC(F)F)c(=O)n2[C@H]1c1ccc(F)cc1. The monoisotopic (exact) mass is 488 g/mol. The van der Waals surface area contributed by atoms with Crippen LogP contribution in [0.25, 0.3) is 6.08 Å². The Balaban J connectivity index is 1.93. The Morgan fingerprint density at radius 3 is 2.59 bits per heavy atom. The Kier molecular flexibility index (Phi) is 6.69. The van der Waals surface area contributed by atoms with Crippen LogP contribution < -0.4 is 19.6 Å². The number of halogens is 3. The van der Waals surface area contributed by atoms with Gasteiger partial charge in [-0.3, -0.25) is 9.36 Å². The third-order valence-corrected chi connectivity index (χ3v) is 6.11. The highest BCUT2D eigenvalue weighted by molar-refractivity contribution is 7.07. The predicted octanol–water partition coefficient (Wildman–Crippen LogP) is 3.54. The van der Waals surface area contributed by atoms with Crippen LogP contribution in [-0.4, -0.2) is 23.8 Å². The van der Waals surface area contributed by atoms with Crippen LogP contribution in [0, 0.1) is 5.82 Å². The number of carbonyl (C=O) groups is 1. The second-order valence-corrected chi connectivity index (χ2v) is 8.28. The number of benzene rings is 2. The number of carbonyl (C=O) groups excluding carboxylic acids is 1. The second-order valence-electron chi connectivity index (χ2n) is 7.27. The molecule has 2 heterocycles. The molecule has 0 fully saturated rings. The number of hydrogen-bond donors (Lipinski definition) is 0. The molecule has 1 aliphatic heterocycles. The molecule has 2 aromatic carbocycles. The van der Waals surface area contributed by atoms with Crippen molar-refractivity contribution in [1.29, 1.82) is 0 Å². The van der Waals surface area contributed by atoms with E-state index in [2.05, 4.69) is 9.73 Å². The molecule has 3 aromatic rings. The average Bonchev–Trinajstić information content (AvgIpc) is 3.09. The summed E-state index contributed by atoms with van der Waals surface area (Å²) in [7, 11) is 0. The lowest BCUT2D eigenvalue weighted by Gasteiger charge is -2.24. The number of thiazole rings is 1. The van der Waals surface area contributed by atoms with E-state index in [1.165, 1.54) is 41.0 Å². The zero-order valence-corrected chi connectivity index (χ0v) is 18.9. The van der Waals surface area contributed by atoms with E-state index in [0.29, 0.717) is 16.1 Å². The second kappa shape index (κ2) is 9.68. The Morgan fingerprint density at radius 1 is 1.21 bits per heavy atom. The van der Waals surface area contributed by atoms with Gasteiger partial charge in [-0.15, -0.1) is 0 Å². The minimum absolute atomic E-state index is 0.0817. The molecule has 10 heteroatoms. The summed E-state index contributed by atoms with van der Waals surface area (Å²) in [5, 5.41) is 0. The summed E-state index contributed by atoms with van der Waals surface area (Å²) >= 11 is 1.04. The quantitative estimate of drug-likeness (QED) is 0.498. The third kappa shape index (κ3) is 4.54. The standard InChI is InChI=1S/C24H19F3N2O4S/c1-3-32-22(31)19-13(2)28-24-29(20(19)14-8-10-16(25)11-9-14)21(30)18(34-24)12-15-6-4-5-7-17(15)33-23(26)27/h4-12,20,23H,3H2,1-2H3/b18-12-/t20-/m0/s1. The third-order valence-electron chi connectivity index (χ3n) is 5.12. The fraction of sp³-hybridized carbons (Fsp3) is 0.208. The smallest absolute Gasteiger partial charge is 0.387 e. The Hall–Kier alpha value is -3.66. The average molecular weight is 488 g/mol. The van der Waals surface area contributed by atoms with Crippen LogP contribution in [0.4, 0.5) is 13.2 Å². The van der Waals surface area contributed by atoms with E-state index in [1.807, 2.05) is 0 Å². The fourth-order valence-corrected chi connectivity index (χ4v) is 4.73. The van der Waals surface area contributed by atoms with Gasteiger partial charge in [0.05, 0.1) is 28.5 Å². The van der Waals surface area contributed by atoms with Crippen molar-refractivity contribution in [2.75, 3.05) is 6.61 Å². The number of hydrogen-bond acceptors (Lipinski definition) is 6. The molecule has 0 saturated carbocycles. The molecule has 1 atom stereocenters. The molecule has 0 unspecified atom stereocenters. The Morgan fingerprint density at radius 2 is 1.91 bits per heavy atom. The first-order chi connectivity index (χ1) is 16.3. The zero-order valence-electron chi connectivity index (χ0n) is 18.1. The van der Waals surface area contributed by atoms with Crippen molar-refractivity contribution in [3.05, 3.63) is 96.4 Å². The predicted molar refractivity (Wildman–Crippen MR) is 120 cm³/mol. The Bertz CT molecular complexity index is 1440. The minimum Gasteiger partial charge on any atom is -0.463 e. The van der Waals surface area contributed by atoms with Gasteiger partial charge < -0.3 is 9.47 Å². The number of aromatic nitrogens is 1. The highest BCUT2D eigenvalue weighted by Crippen LogP contribution is 2.31. The van der Waals surface area contributed by atoms with Gasteiger partial charge in [0.1, 0.15) is 11.6 Å². The van der Waals surface area contributed by atoms with E-state index < -0.39 is 30.0 Å². The van der Waals surface area contributed by atoms with Gasteiger partial charge in [0.25, 0.3) is 5.56 Å². The van der Waals surface area contributed by atoms with Crippen molar-refractivity contribution in [3.8, 4) is 5.75 Å². The van der Waals surface area contributed by atoms with Crippen LogP contribution in [0.2, 0.25) is 0 Å². The highest BCUT2D eigenvalue weighted by Gasteiger charge is 2.33. The first kappa shape index (κ1) is 23.5. The Labute approximate surface area is 195 Å². The molecule has 4 rings (SSSR count). The van der Waals surface area contributed by atoms with E-state index in [-0.39, 0.29) is 28.0 Å². The lowest BCUT2D eigenvalue weighted by molar-refractivity contribution is -0.139. The van der Waals surface area contributed by atoms with Crippen LogP contribution in [-0.2, 0) is 9.53 Å². The lowest BCUT2D eigenvalue weighted by Crippen LogP contribution is -2.39. The van der Waals surface area contributed by atoms with Gasteiger partial charge in [-0.1, -0.05) is 41.7 Å². The van der Waals surface area contributed by atoms with Crippen LogP contribution in [0.5, 0.6) is 5.75 Å². The summed E-state index contributed by atoms with van der Waals surface area (Å²) in [6.45, 7) is 0.390. The number of alkyl halides is 2. The lowest BCUT2D eigenvalue weighted by atomic mass is 9.96. The molecule has 0 aliphatic carbocycles. The number of nitrogens with zero attached hydrogens (tertiary/aromatic N) is 2. The minimum atomic E-state index is -3.02. The molecule has 6 nitrogen and oxygen atoms in total. The van der Waals surface area contributed by atoms with Crippen molar-refractivity contribution >= 4 is 23.4 Å². The summed E-state index contributed by atoms with van der Waals surface area (Å²) in [5.41, 5.74) is 0.815. The summed E-state index contributed by atoms with van der Waals surface area (Å²) < 4.78 is 50.5. The molecule has 0 radical (unpaired) electrons. The van der Waals surface area contributed by atoms with Crippen LogP contribution in [0.1, 0.15) is 31.0 Å². The molecule has 0 bridgehead atoms. The number of esters is 1. The molecule has 1 aliphatic rings. The highest BCUT2D eigenvalue weighted by atomic mass is 32.1. The van der Waals surface area contributed by atoms with Crippen molar-refractivity contribution in [1.82, 2.24) is 4.57 Å². The molecule has 34 heavy (non-hydrogen) atoms. The van der Waals surface area contributed by atoms with Gasteiger partial charge in [-0.2, -0.15) is 8.78 Å². The maximum absolute atomic E-state index is 13.6. The van der Waals surface area contributed by atoms with Crippen molar-refractivity contribution < 1.29 is 27.4 Å². The van der Waals surface area contributed by atoms with Gasteiger partial charge in [-0.25, -0.2) is 14.2 Å². The number of rotatable bonds is 6. The van der Waals surface area contributed by atoms with Gasteiger partial charge in [0, 0.05) is 5.56 Å². The number of para-hydroxylation sites is 1. The normalized spacial score (nSPS) is 15.8. The molecule has 0 amide bonds. The van der Waals surface area contributed by atoms with E-state index in [4.69, 9.17) is 4.74 Å². The topological polar surface area (TPSA) is 69.9 Å². The van der Waals surface area contributed by atoms with Crippen LogP contribution >= 0.6 is 11.3 Å². The van der Waals surface area contributed by atoms with Gasteiger partial charge in [-0.05, 0) is 43.7 Å². The summed E-state index contributed by atoms with van der Waals surface area (Å²) in [6, 6.07) is 10.6. The summed E-state index contributed by atoms with van der Waals surface area (Å²) in [5.74, 6) is -1.19. The van der Waals surface area contributed by atoms with E-state index >= 15 is 0 Å². The zero-order chi connectivity index (χ0) is 24.4. The molecule has 0 spiro atoms. The van der Waals surface area contributed by atoms with E-state index in [9.17, 15) is 22.8 Å². The van der Waals surface area contributed by atoms with E-state index in [1.54, 1.807) is 32.0 Å². The van der Waals surface area contributed by atoms with Gasteiger partial charge in [0.2, 0.25) is 0 Å². The largest absolute Gasteiger partial charge is 0.463 e. The number of fused-ring (bicyclic) bond motifs is 1. The maximum atomic E-state index is 13.6. The summed E-state index contributed by atoms with van der Waals surface area (Å²) in [4.78, 5) is 31.0. The van der Waals surface area contributed by atoms with Gasteiger partial charge in [0.15, 0.2) is 4.80 Å². The molecule has 0 saturated heterocycles. The molecule has 176 valence electrons. The number of ether oxygens (including phenoxy) is 2. The van der Waals surface area contributed by atoms with Crippen molar-refractivity contribution in [2.45, 2.75) is 26.5 Å². The maximum Gasteiger partial charge on any atom is 0.387 e. The fourth-order valence-electron chi connectivity index (χ4n) is 3.70. The first-order valence-corrected chi connectivity index (χ1v) is 11.1. The summed E-state index contributed by atoms with van der Waals surface area (Å²) in [6.07, 6.45) is 1.44. The first-order valence-electron chi connectivity index (χ1n) is 10.3. The van der Waals surface area contributed by atoms with Gasteiger partial charge >= 0.3 is 12.6 Å². The van der Waals surface area contributed by atoms with Crippen molar-refractivity contribution in [3.63, 3.8) is 0 Å². The molecular weight excluding hydrogens is 469 g/mol. The molecular formula is C24H19F3N2O4S. The van der Waals surface area contributed by atoms with Crippen LogP contribution in [0.15, 0.2) is 69.6 Å². The van der Waals surface area contributed by atoms with E-state index in [0.717, 1.165) is 11.3 Å². The van der Waals surface area contributed by atoms with Crippen molar-refractivity contribution in [2.24, 2.45) is 4.99 Å². The molecule has 1 aromatic heterocycles. The van der Waals surface area contributed by atoms with Crippen LogP contribution in [0.3, 0.4) is 0 Å².